The molecule has 0 radical (unpaired) electrons. The molecular weight excluding hydrogens is 323 g/mol. The van der Waals surface area contributed by atoms with Crippen LogP contribution in [0.2, 0.25) is 5.02 Å². The van der Waals surface area contributed by atoms with Gasteiger partial charge in [0.1, 0.15) is 5.75 Å². The number of rotatable bonds is 4. The van der Waals surface area contributed by atoms with E-state index in [1.165, 1.54) is 0 Å². The lowest BCUT2D eigenvalue weighted by atomic mass is 9.74. The molecule has 2 atom stereocenters. The summed E-state index contributed by atoms with van der Waals surface area (Å²) < 4.78 is 5.11. The summed E-state index contributed by atoms with van der Waals surface area (Å²) in [6.45, 7) is 2.43. The molecule has 1 aliphatic carbocycles. The molecule has 0 spiro atoms. The summed E-state index contributed by atoms with van der Waals surface area (Å²) in [6, 6.07) is 5.51. The lowest BCUT2D eigenvalue weighted by Gasteiger charge is -2.37. The lowest BCUT2D eigenvalue weighted by Crippen LogP contribution is -2.52. The van der Waals surface area contributed by atoms with Gasteiger partial charge in [0.15, 0.2) is 0 Å². The van der Waals surface area contributed by atoms with E-state index in [2.05, 4.69) is 5.32 Å². The van der Waals surface area contributed by atoms with Crippen LogP contribution in [0.1, 0.15) is 38.2 Å². The summed E-state index contributed by atoms with van der Waals surface area (Å²) in [5.74, 6) is 0.556. The Balaban J connectivity index is 0.00000242. The normalized spacial score (nSPS) is 24.3. The minimum absolute atomic E-state index is 0. The van der Waals surface area contributed by atoms with Crippen molar-refractivity contribution in [1.29, 1.82) is 0 Å². The van der Waals surface area contributed by atoms with Crippen LogP contribution in [-0.2, 0) is 11.3 Å². The van der Waals surface area contributed by atoms with Crippen molar-refractivity contribution in [2.75, 3.05) is 7.11 Å². The highest BCUT2D eigenvalue weighted by atomic mass is 35.5. The van der Waals surface area contributed by atoms with Gasteiger partial charge in [-0.05, 0) is 37.5 Å². The molecule has 1 aliphatic rings. The Hall–Kier alpha value is -0.970. The summed E-state index contributed by atoms with van der Waals surface area (Å²) in [6.07, 6.45) is 3.94. The number of nitrogens with one attached hydrogen (secondary N) is 1. The second-order valence-electron chi connectivity index (χ2n) is 5.99. The average molecular weight is 347 g/mol. The predicted octanol–water partition coefficient (Wildman–Crippen LogP) is 3.29. The quantitative estimate of drug-likeness (QED) is 0.878. The van der Waals surface area contributed by atoms with E-state index in [-0.39, 0.29) is 24.2 Å². The van der Waals surface area contributed by atoms with Crippen LogP contribution in [0, 0.1) is 5.92 Å². The van der Waals surface area contributed by atoms with Crippen molar-refractivity contribution < 1.29 is 9.53 Å². The topological polar surface area (TPSA) is 64.3 Å². The van der Waals surface area contributed by atoms with Crippen molar-refractivity contribution >= 4 is 29.9 Å². The predicted molar refractivity (Wildman–Crippen MR) is 91.6 cm³/mol. The first-order valence-electron chi connectivity index (χ1n) is 7.33. The Labute approximate surface area is 143 Å². The van der Waals surface area contributed by atoms with Gasteiger partial charge in [-0.25, -0.2) is 0 Å². The van der Waals surface area contributed by atoms with E-state index in [0.717, 1.165) is 31.2 Å². The number of amides is 1. The van der Waals surface area contributed by atoms with Crippen LogP contribution < -0.4 is 15.8 Å². The first-order valence-corrected chi connectivity index (χ1v) is 7.71. The zero-order chi connectivity index (χ0) is 15.5. The standard InChI is InChI=1S/C16H23ClN2O2.ClH/c1-16(18)8-4-3-5-12(16)15(20)19-10-11-6-7-14(21-2)13(17)9-11;/h6-7,9,12H,3-5,8,10,18H2,1-2H3,(H,19,20);1H. The summed E-state index contributed by atoms with van der Waals surface area (Å²) in [4.78, 5) is 12.3. The maximum Gasteiger partial charge on any atom is 0.225 e. The van der Waals surface area contributed by atoms with Gasteiger partial charge < -0.3 is 15.8 Å². The molecule has 22 heavy (non-hydrogen) atoms. The number of hydrogen-bond donors (Lipinski definition) is 2. The number of hydrogen-bond acceptors (Lipinski definition) is 3. The van der Waals surface area contributed by atoms with E-state index in [4.69, 9.17) is 22.1 Å². The summed E-state index contributed by atoms with van der Waals surface area (Å²) in [7, 11) is 1.58. The SMILES string of the molecule is COc1ccc(CNC(=O)C2CCCCC2(C)N)cc1Cl.Cl. The van der Waals surface area contributed by atoms with E-state index < -0.39 is 5.54 Å². The Morgan fingerprint density at radius 2 is 2.23 bits per heavy atom. The number of benzene rings is 1. The van der Waals surface area contributed by atoms with E-state index in [0.29, 0.717) is 17.3 Å². The molecule has 3 N–H and O–H groups in total. The third kappa shape index (κ3) is 4.51. The van der Waals surface area contributed by atoms with Crippen LogP contribution in [0.15, 0.2) is 18.2 Å². The van der Waals surface area contributed by atoms with Gasteiger partial charge in [-0.15, -0.1) is 12.4 Å². The molecule has 2 unspecified atom stereocenters. The minimum Gasteiger partial charge on any atom is -0.495 e. The molecule has 0 heterocycles. The maximum absolute atomic E-state index is 12.3. The maximum atomic E-state index is 12.3. The third-order valence-electron chi connectivity index (χ3n) is 4.25. The van der Waals surface area contributed by atoms with Crippen LogP contribution in [0.4, 0.5) is 0 Å². The van der Waals surface area contributed by atoms with Gasteiger partial charge in [-0.3, -0.25) is 4.79 Å². The molecule has 124 valence electrons. The second kappa shape index (κ2) is 8.04. The first kappa shape index (κ1) is 19.1. The highest BCUT2D eigenvalue weighted by Gasteiger charge is 2.37. The molecule has 0 aliphatic heterocycles. The molecule has 0 bridgehead atoms. The molecule has 1 aromatic rings. The fraction of sp³-hybridized carbons (Fsp3) is 0.562. The van der Waals surface area contributed by atoms with Gasteiger partial charge in [0.2, 0.25) is 5.91 Å². The zero-order valence-corrected chi connectivity index (χ0v) is 14.6. The van der Waals surface area contributed by atoms with Gasteiger partial charge in [0, 0.05) is 12.1 Å². The molecule has 1 saturated carbocycles. The highest BCUT2D eigenvalue weighted by molar-refractivity contribution is 6.32. The molecule has 2 rings (SSSR count). The van der Waals surface area contributed by atoms with Crippen LogP contribution in [0.5, 0.6) is 5.75 Å². The van der Waals surface area contributed by atoms with E-state index >= 15 is 0 Å². The molecule has 0 saturated heterocycles. The fourth-order valence-corrected chi connectivity index (χ4v) is 3.20. The van der Waals surface area contributed by atoms with Crippen LogP contribution >= 0.6 is 24.0 Å². The van der Waals surface area contributed by atoms with Gasteiger partial charge in [-0.2, -0.15) is 0 Å². The lowest BCUT2D eigenvalue weighted by molar-refractivity contribution is -0.128. The Bertz CT molecular complexity index is 521. The number of carbonyl (C=O) groups excluding carboxylic acids is 1. The zero-order valence-electron chi connectivity index (χ0n) is 13.0. The van der Waals surface area contributed by atoms with Crippen molar-refractivity contribution in [3.63, 3.8) is 0 Å². The Kier molecular flexibility index (Phi) is 6.98. The number of halogens is 2. The number of carbonyl (C=O) groups is 1. The summed E-state index contributed by atoms with van der Waals surface area (Å²) >= 11 is 6.08. The average Bonchev–Trinajstić information content (AvgIpc) is 2.44. The van der Waals surface area contributed by atoms with Gasteiger partial charge in [-0.1, -0.05) is 30.5 Å². The van der Waals surface area contributed by atoms with Crippen LogP contribution in [-0.4, -0.2) is 18.6 Å². The summed E-state index contributed by atoms with van der Waals surface area (Å²) in [5, 5.41) is 3.52. The Morgan fingerprint density at radius 1 is 1.50 bits per heavy atom. The molecule has 1 aromatic carbocycles. The monoisotopic (exact) mass is 346 g/mol. The second-order valence-corrected chi connectivity index (χ2v) is 6.40. The van der Waals surface area contributed by atoms with Crippen molar-refractivity contribution in [2.45, 2.75) is 44.7 Å². The molecule has 0 aromatic heterocycles. The van der Waals surface area contributed by atoms with E-state index in [9.17, 15) is 4.79 Å². The summed E-state index contributed by atoms with van der Waals surface area (Å²) in [5.41, 5.74) is 6.80. The van der Waals surface area contributed by atoms with Crippen molar-refractivity contribution in [2.24, 2.45) is 11.7 Å². The molecule has 6 heteroatoms. The smallest absolute Gasteiger partial charge is 0.225 e. The van der Waals surface area contributed by atoms with E-state index in [1.54, 1.807) is 13.2 Å². The molecular formula is C16H24Cl2N2O2. The first-order chi connectivity index (χ1) is 9.94. The third-order valence-corrected chi connectivity index (χ3v) is 4.55. The van der Waals surface area contributed by atoms with Gasteiger partial charge >= 0.3 is 0 Å². The number of ether oxygens (including phenoxy) is 1. The molecule has 1 fully saturated rings. The van der Waals surface area contributed by atoms with Crippen molar-refractivity contribution in [1.82, 2.24) is 5.32 Å². The number of nitrogens with two attached hydrogens (primary N) is 1. The fourth-order valence-electron chi connectivity index (χ4n) is 2.92. The number of methoxy groups -OCH3 is 1. The van der Waals surface area contributed by atoms with Crippen LogP contribution in [0.25, 0.3) is 0 Å². The van der Waals surface area contributed by atoms with Crippen molar-refractivity contribution in [3.8, 4) is 5.75 Å². The molecule has 4 nitrogen and oxygen atoms in total. The molecule has 1 amide bonds. The van der Waals surface area contributed by atoms with Gasteiger partial charge in [0.25, 0.3) is 0 Å². The van der Waals surface area contributed by atoms with Gasteiger partial charge in [0.05, 0.1) is 18.1 Å². The van der Waals surface area contributed by atoms with E-state index in [1.807, 2.05) is 19.1 Å². The minimum atomic E-state index is -0.403. The highest BCUT2D eigenvalue weighted by Crippen LogP contribution is 2.31. The van der Waals surface area contributed by atoms with Crippen molar-refractivity contribution in [3.05, 3.63) is 28.8 Å². The van der Waals surface area contributed by atoms with Crippen LogP contribution in [0.3, 0.4) is 0 Å². The largest absolute Gasteiger partial charge is 0.495 e. The Morgan fingerprint density at radius 3 is 2.82 bits per heavy atom.